The van der Waals surface area contributed by atoms with Gasteiger partial charge in [0.1, 0.15) is 0 Å². The molecular weight excluding hydrogens is 314 g/mol. The fraction of sp³-hybridized carbons (Fsp3) is 0.278. The number of carbonyl (C=O) groups excluding carboxylic acids is 1. The Kier molecular flexibility index (Phi) is 6.34. The fourth-order valence-electron chi connectivity index (χ4n) is 2.16. The topological polar surface area (TPSA) is 29.1 Å². The van der Waals surface area contributed by atoms with E-state index in [4.69, 9.17) is 11.6 Å². The van der Waals surface area contributed by atoms with Crippen LogP contribution in [0.3, 0.4) is 0 Å². The molecular formula is C18H20ClNOS. The van der Waals surface area contributed by atoms with E-state index in [0.29, 0.717) is 5.02 Å². The molecule has 0 bridgehead atoms. The number of anilines is 1. The summed E-state index contributed by atoms with van der Waals surface area (Å²) in [7, 11) is 0. The van der Waals surface area contributed by atoms with E-state index in [9.17, 15) is 4.79 Å². The van der Waals surface area contributed by atoms with Crippen LogP contribution in [0.25, 0.3) is 0 Å². The molecule has 1 atom stereocenters. The minimum Gasteiger partial charge on any atom is -0.325 e. The molecule has 0 unspecified atom stereocenters. The molecule has 1 N–H and O–H groups in total. The maximum absolute atomic E-state index is 12.5. The molecule has 0 saturated heterocycles. The highest BCUT2D eigenvalue weighted by Crippen LogP contribution is 2.28. The summed E-state index contributed by atoms with van der Waals surface area (Å²) in [5, 5.41) is 3.65. The van der Waals surface area contributed by atoms with Gasteiger partial charge in [0.2, 0.25) is 5.91 Å². The largest absolute Gasteiger partial charge is 0.325 e. The Morgan fingerprint density at radius 3 is 2.45 bits per heavy atom. The zero-order chi connectivity index (χ0) is 15.9. The Hall–Kier alpha value is -1.45. The number of amides is 1. The second-order valence-electron chi connectivity index (χ2n) is 4.97. The average Bonchev–Trinajstić information content (AvgIpc) is 2.54. The van der Waals surface area contributed by atoms with Gasteiger partial charge in [-0.05, 0) is 48.7 Å². The molecule has 2 nitrogen and oxygen atoms in total. The lowest BCUT2D eigenvalue weighted by atomic mass is 10.1. The summed E-state index contributed by atoms with van der Waals surface area (Å²) in [5.74, 6) is 0.0448. The van der Waals surface area contributed by atoms with Crippen LogP contribution in [0.5, 0.6) is 0 Å². The number of para-hydroxylation sites is 1. The van der Waals surface area contributed by atoms with E-state index >= 15 is 0 Å². The molecule has 2 rings (SSSR count). The normalized spacial score (nSPS) is 12.0. The third-order valence-corrected chi connectivity index (χ3v) is 5.04. The summed E-state index contributed by atoms with van der Waals surface area (Å²) >= 11 is 7.46. The van der Waals surface area contributed by atoms with Gasteiger partial charge in [-0.15, -0.1) is 11.8 Å². The van der Waals surface area contributed by atoms with Gasteiger partial charge in [-0.2, -0.15) is 0 Å². The number of thioether (sulfide) groups is 1. The Bertz CT molecular complexity index is 627. The maximum atomic E-state index is 12.5. The Morgan fingerprint density at radius 1 is 1.14 bits per heavy atom. The summed E-state index contributed by atoms with van der Waals surface area (Å²) in [6.07, 6.45) is 1.67. The third-order valence-electron chi connectivity index (χ3n) is 3.41. The Balaban J connectivity index is 2.07. The van der Waals surface area contributed by atoms with Crippen LogP contribution in [-0.2, 0) is 11.2 Å². The fourth-order valence-corrected chi connectivity index (χ4v) is 3.24. The van der Waals surface area contributed by atoms with Crippen LogP contribution in [0.4, 0.5) is 5.69 Å². The number of hydrogen-bond acceptors (Lipinski definition) is 2. The molecule has 0 saturated carbocycles. The zero-order valence-electron chi connectivity index (χ0n) is 12.8. The van der Waals surface area contributed by atoms with Gasteiger partial charge >= 0.3 is 0 Å². The molecule has 2 aromatic rings. The second kappa shape index (κ2) is 8.25. The van der Waals surface area contributed by atoms with E-state index < -0.39 is 0 Å². The highest BCUT2D eigenvalue weighted by Gasteiger charge is 2.18. The molecule has 0 spiro atoms. The van der Waals surface area contributed by atoms with Crippen molar-refractivity contribution in [3.05, 3.63) is 59.1 Å². The van der Waals surface area contributed by atoms with Crippen LogP contribution in [-0.4, -0.2) is 11.2 Å². The number of hydrogen-bond donors (Lipinski definition) is 1. The van der Waals surface area contributed by atoms with Gasteiger partial charge in [-0.1, -0.05) is 43.6 Å². The highest BCUT2D eigenvalue weighted by molar-refractivity contribution is 8.00. The van der Waals surface area contributed by atoms with E-state index in [2.05, 4.69) is 12.2 Å². The molecule has 0 heterocycles. The highest BCUT2D eigenvalue weighted by atomic mass is 35.5. The number of benzene rings is 2. The van der Waals surface area contributed by atoms with Crippen molar-refractivity contribution in [3.63, 3.8) is 0 Å². The van der Waals surface area contributed by atoms with E-state index in [1.807, 2.05) is 55.5 Å². The summed E-state index contributed by atoms with van der Waals surface area (Å²) in [6, 6.07) is 15.5. The number of nitrogens with one attached hydrogen (secondary N) is 1. The van der Waals surface area contributed by atoms with Crippen LogP contribution in [0.2, 0.25) is 5.02 Å². The van der Waals surface area contributed by atoms with Crippen LogP contribution in [0.1, 0.15) is 25.8 Å². The van der Waals surface area contributed by atoms with Crippen LogP contribution in [0, 0.1) is 0 Å². The number of aryl methyl sites for hydroxylation is 1. The van der Waals surface area contributed by atoms with Crippen molar-refractivity contribution >= 4 is 35.0 Å². The van der Waals surface area contributed by atoms with Crippen molar-refractivity contribution < 1.29 is 4.79 Å². The first-order valence-corrected chi connectivity index (χ1v) is 8.70. The van der Waals surface area contributed by atoms with Crippen molar-refractivity contribution in [3.8, 4) is 0 Å². The molecule has 0 aliphatic carbocycles. The monoisotopic (exact) mass is 333 g/mol. The first-order valence-electron chi connectivity index (χ1n) is 7.45. The molecule has 4 heteroatoms. The predicted molar refractivity (Wildman–Crippen MR) is 95.8 cm³/mol. The Labute approximate surface area is 141 Å². The summed E-state index contributed by atoms with van der Waals surface area (Å²) in [5.41, 5.74) is 2.06. The van der Waals surface area contributed by atoms with Crippen molar-refractivity contribution in [2.75, 3.05) is 5.32 Å². The molecule has 0 aliphatic rings. The molecule has 116 valence electrons. The van der Waals surface area contributed by atoms with Gasteiger partial charge in [0.05, 0.1) is 5.25 Å². The lowest BCUT2D eigenvalue weighted by Crippen LogP contribution is -2.25. The van der Waals surface area contributed by atoms with Gasteiger partial charge in [0.25, 0.3) is 0 Å². The van der Waals surface area contributed by atoms with E-state index in [1.54, 1.807) is 11.8 Å². The average molecular weight is 334 g/mol. The van der Waals surface area contributed by atoms with E-state index in [-0.39, 0.29) is 11.2 Å². The van der Waals surface area contributed by atoms with Crippen LogP contribution in [0.15, 0.2) is 53.4 Å². The lowest BCUT2D eigenvalue weighted by molar-refractivity contribution is -0.115. The number of rotatable bonds is 6. The van der Waals surface area contributed by atoms with E-state index in [0.717, 1.165) is 29.0 Å². The summed E-state index contributed by atoms with van der Waals surface area (Å²) in [4.78, 5) is 13.6. The SMILES string of the molecule is CCc1ccccc1NC(=O)[C@H](CC)Sc1ccc(Cl)cc1. The molecule has 0 aliphatic heterocycles. The van der Waals surface area contributed by atoms with Gasteiger partial charge in [-0.25, -0.2) is 0 Å². The number of halogens is 1. The van der Waals surface area contributed by atoms with Crippen molar-refractivity contribution in [2.24, 2.45) is 0 Å². The van der Waals surface area contributed by atoms with Gasteiger partial charge < -0.3 is 5.32 Å². The maximum Gasteiger partial charge on any atom is 0.237 e. The molecule has 2 aromatic carbocycles. The Morgan fingerprint density at radius 2 is 1.82 bits per heavy atom. The van der Waals surface area contributed by atoms with Crippen LogP contribution < -0.4 is 5.32 Å². The van der Waals surface area contributed by atoms with Crippen LogP contribution >= 0.6 is 23.4 Å². The first kappa shape index (κ1) is 16.9. The van der Waals surface area contributed by atoms with Crippen molar-refractivity contribution in [1.82, 2.24) is 0 Å². The van der Waals surface area contributed by atoms with Crippen molar-refractivity contribution in [1.29, 1.82) is 0 Å². The minimum atomic E-state index is -0.119. The zero-order valence-corrected chi connectivity index (χ0v) is 14.4. The minimum absolute atomic E-state index is 0.0448. The van der Waals surface area contributed by atoms with Gasteiger partial charge in [-0.3, -0.25) is 4.79 Å². The predicted octanol–water partition coefficient (Wildman–Crippen LogP) is 5.41. The summed E-state index contributed by atoms with van der Waals surface area (Å²) < 4.78 is 0. The number of carbonyl (C=O) groups is 1. The summed E-state index contributed by atoms with van der Waals surface area (Å²) in [6.45, 7) is 4.11. The standard InChI is InChI=1S/C18H20ClNOS/c1-3-13-7-5-6-8-16(13)20-18(21)17(4-2)22-15-11-9-14(19)10-12-15/h5-12,17H,3-4H2,1-2H3,(H,20,21)/t17-/m0/s1. The van der Waals surface area contributed by atoms with Gasteiger partial charge in [0, 0.05) is 15.6 Å². The molecule has 0 aromatic heterocycles. The quantitative estimate of drug-likeness (QED) is 0.716. The van der Waals surface area contributed by atoms with Gasteiger partial charge in [0.15, 0.2) is 0 Å². The molecule has 0 fully saturated rings. The molecule has 0 radical (unpaired) electrons. The first-order chi connectivity index (χ1) is 10.6. The molecule has 1 amide bonds. The smallest absolute Gasteiger partial charge is 0.237 e. The third kappa shape index (κ3) is 4.52. The van der Waals surface area contributed by atoms with Crippen molar-refractivity contribution in [2.45, 2.75) is 36.8 Å². The molecule has 22 heavy (non-hydrogen) atoms. The lowest BCUT2D eigenvalue weighted by Gasteiger charge is -2.16. The second-order valence-corrected chi connectivity index (χ2v) is 6.68. The van der Waals surface area contributed by atoms with E-state index in [1.165, 1.54) is 0 Å².